The van der Waals surface area contributed by atoms with Crippen LogP contribution in [0.15, 0.2) is 36.4 Å². The number of nitrogens with one attached hydrogen (secondary N) is 1. The number of fused-ring (bicyclic) bond motifs is 1. The van der Waals surface area contributed by atoms with Gasteiger partial charge >= 0.3 is 0 Å². The quantitative estimate of drug-likeness (QED) is 0.772. The molecular weight excluding hydrogens is 228 g/mol. The molecule has 1 aliphatic heterocycles. The molecular formula is C14H12N2O2. The molecule has 2 heterocycles. The molecule has 1 aliphatic rings. The maximum absolute atomic E-state index is 11.8. The lowest BCUT2D eigenvalue weighted by Crippen LogP contribution is -2.39. The number of hydrogen-bond acceptors (Lipinski definition) is 3. The Labute approximate surface area is 104 Å². The topological polar surface area (TPSA) is 59.1 Å². The third-order valence-electron chi connectivity index (χ3n) is 3.22. The Kier molecular flexibility index (Phi) is 2.55. The average Bonchev–Trinajstić information content (AvgIpc) is 2.38. The van der Waals surface area contributed by atoms with Crippen LogP contribution in [-0.4, -0.2) is 16.8 Å². The van der Waals surface area contributed by atoms with E-state index >= 15 is 0 Å². The van der Waals surface area contributed by atoms with E-state index in [1.807, 2.05) is 36.4 Å². The van der Waals surface area contributed by atoms with E-state index in [0.717, 1.165) is 16.6 Å². The van der Waals surface area contributed by atoms with Crippen molar-refractivity contribution in [3.05, 3.63) is 42.1 Å². The Morgan fingerprint density at radius 2 is 1.94 bits per heavy atom. The van der Waals surface area contributed by atoms with Crippen molar-refractivity contribution in [1.29, 1.82) is 0 Å². The van der Waals surface area contributed by atoms with Gasteiger partial charge in [0.1, 0.15) is 0 Å². The van der Waals surface area contributed by atoms with Gasteiger partial charge in [-0.15, -0.1) is 0 Å². The number of para-hydroxylation sites is 1. The highest BCUT2D eigenvalue weighted by atomic mass is 16.2. The maximum atomic E-state index is 11.8. The van der Waals surface area contributed by atoms with Gasteiger partial charge in [0.15, 0.2) is 0 Å². The first-order chi connectivity index (χ1) is 8.74. The van der Waals surface area contributed by atoms with Crippen molar-refractivity contribution >= 4 is 22.7 Å². The number of aromatic nitrogens is 1. The minimum absolute atomic E-state index is 0.197. The Bertz CT molecular complexity index is 636. The van der Waals surface area contributed by atoms with Crippen LogP contribution in [0.25, 0.3) is 10.9 Å². The highest BCUT2D eigenvalue weighted by Crippen LogP contribution is 2.24. The van der Waals surface area contributed by atoms with E-state index in [1.165, 1.54) is 0 Å². The summed E-state index contributed by atoms with van der Waals surface area (Å²) in [6.07, 6.45) is 0.918. The summed E-state index contributed by atoms with van der Waals surface area (Å²) in [5, 5.41) is 3.41. The Hall–Kier alpha value is -2.23. The lowest BCUT2D eigenvalue weighted by Gasteiger charge is -2.20. The van der Waals surface area contributed by atoms with Crippen molar-refractivity contribution in [2.24, 2.45) is 0 Å². The summed E-state index contributed by atoms with van der Waals surface area (Å²) in [6.45, 7) is 0. The third kappa shape index (κ3) is 1.86. The highest BCUT2D eigenvalue weighted by molar-refractivity contribution is 6.00. The minimum Gasteiger partial charge on any atom is -0.296 e. The van der Waals surface area contributed by atoms with E-state index in [4.69, 9.17) is 0 Å². The third-order valence-corrected chi connectivity index (χ3v) is 3.22. The number of imide groups is 1. The number of benzene rings is 1. The van der Waals surface area contributed by atoms with Crippen LogP contribution in [-0.2, 0) is 9.59 Å². The monoisotopic (exact) mass is 240 g/mol. The standard InChI is InChI=1S/C14H12N2O2/c17-13-8-6-10(14(18)16-13)12-7-5-9-3-1-2-4-11(9)15-12/h1-5,7,10H,6,8H2,(H,16,17,18). The molecule has 3 rings (SSSR count). The van der Waals surface area contributed by atoms with Gasteiger partial charge in [0.2, 0.25) is 11.8 Å². The molecule has 0 radical (unpaired) electrons. The van der Waals surface area contributed by atoms with Crippen LogP contribution in [0, 0.1) is 0 Å². The molecule has 4 nitrogen and oxygen atoms in total. The molecule has 0 aliphatic carbocycles. The van der Waals surface area contributed by atoms with Crippen molar-refractivity contribution in [1.82, 2.24) is 10.3 Å². The fourth-order valence-corrected chi connectivity index (χ4v) is 2.25. The second-order valence-corrected chi connectivity index (χ2v) is 4.43. The molecule has 18 heavy (non-hydrogen) atoms. The van der Waals surface area contributed by atoms with Gasteiger partial charge in [-0.05, 0) is 18.6 Å². The Morgan fingerprint density at radius 1 is 1.11 bits per heavy atom. The molecule has 1 fully saturated rings. The zero-order valence-corrected chi connectivity index (χ0v) is 9.72. The summed E-state index contributed by atoms with van der Waals surface area (Å²) in [5.41, 5.74) is 1.61. The van der Waals surface area contributed by atoms with Gasteiger partial charge in [0, 0.05) is 11.8 Å². The summed E-state index contributed by atoms with van der Waals surface area (Å²) in [6, 6.07) is 11.6. The van der Waals surface area contributed by atoms with E-state index in [1.54, 1.807) is 0 Å². The Morgan fingerprint density at radius 3 is 2.78 bits per heavy atom. The van der Waals surface area contributed by atoms with Crippen LogP contribution in [0.5, 0.6) is 0 Å². The van der Waals surface area contributed by atoms with Crippen molar-refractivity contribution in [2.75, 3.05) is 0 Å². The van der Waals surface area contributed by atoms with Gasteiger partial charge < -0.3 is 0 Å². The fourth-order valence-electron chi connectivity index (χ4n) is 2.25. The normalized spacial score (nSPS) is 19.9. The lowest BCUT2D eigenvalue weighted by molar-refractivity contribution is -0.134. The van der Waals surface area contributed by atoms with Crippen molar-refractivity contribution < 1.29 is 9.59 Å². The second-order valence-electron chi connectivity index (χ2n) is 4.43. The summed E-state index contributed by atoms with van der Waals surface area (Å²) in [4.78, 5) is 27.4. The first kappa shape index (κ1) is 10.9. The van der Waals surface area contributed by atoms with Crippen LogP contribution in [0.3, 0.4) is 0 Å². The smallest absolute Gasteiger partial charge is 0.235 e. The molecule has 90 valence electrons. The summed E-state index contributed by atoms with van der Waals surface area (Å²) >= 11 is 0. The van der Waals surface area contributed by atoms with Crippen molar-refractivity contribution in [3.8, 4) is 0 Å². The molecule has 1 unspecified atom stereocenters. The van der Waals surface area contributed by atoms with Gasteiger partial charge in [-0.2, -0.15) is 0 Å². The predicted molar refractivity (Wildman–Crippen MR) is 66.9 cm³/mol. The number of amides is 2. The van der Waals surface area contributed by atoms with Crippen molar-refractivity contribution in [2.45, 2.75) is 18.8 Å². The summed E-state index contributed by atoms with van der Waals surface area (Å²) in [5.74, 6) is -0.752. The zero-order chi connectivity index (χ0) is 12.5. The summed E-state index contributed by atoms with van der Waals surface area (Å²) in [7, 11) is 0. The van der Waals surface area contributed by atoms with Crippen molar-refractivity contribution in [3.63, 3.8) is 0 Å². The molecule has 0 spiro atoms. The average molecular weight is 240 g/mol. The Balaban J connectivity index is 1.99. The van der Waals surface area contributed by atoms with E-state index in [-0.39, 0.29) is 17.7 Å². The number of carbonyl (C=O) groups is 2. The number of hydrogen-bond donors (Lipinski definition) is 1. The number of pyridine rings is 1. The molecule has 1 aromatic carbocycles. The molecule has 1 N–H and O–H groups in total. The van der Waals surface area contributed by atoms with Crippen LogP contribution in [0.1, 0.15) is 24.5 Å². The molecule has 0 saturated carbocycles. The van der Waals surface area contributed by atoms with E-state index < -0.39 is 0 Å². The predicted octanol–water partition coefficient (Wildman–Crippen LogP) is 1.75. The highest BCUT2D eigenvalue weighted by Gasteiger charge is 2.28. The zero-order valence-electron chi connectivity index (χ0n) is 9.72. The molecule has 4 heteroatoms. The minimum atomic E-state index is -0.313. The number of carbonyl (C=O) groups excluding carboxylic acids is 2. The summed E-state index contributed by atoms with van der Waals surface area (Å²) < 4.78 is 0. The molecule has 2 aromatic rings. The number of rotatable bonds is 1. The van der Waals surface area contributed by atoms with Gasteiger partial charge in [0.25, 0.3) is 0 Å². The molecule has 1 saturated heterocycles. The van der Waals surface area contributed by atoms with E-state index in [9.17, 15) is 9.59 Å². The van der Waals surface area contributed by atoms with Gasteiger partial charge in [0.05, 0.1) is 17.1 Å². The van der Waals surface area contributed by atoms with Gasteiger partial charge in [-0.3, -0.25) is 19.9 Å². The van der Waals surface area contributed by atoms with E-state index in [0.29, 0.717) is 12.8 Å². The molecule has 1 atom stereocenters. The van der Waals surface area contributed by atoms with Crippen LogP contribution < -0.4 is 5.32 Å². The van der Waals surface area contributed by atoms with Gasteiger partial charge in [-0.1, -0.05) is 24.3 Å². The number of nitrogens with zero attached hydrogens (tertiary/aromatic N) is 1. The maximum Gasteiger partial charge on any atom is 0.235 e. The molecule has 0 bridgehead atoms. The van der Waals surface area contributed by atoms with Crippen LogP contribution in [0.4, 0.5) is 0 Å². The lowest BCUT2D eigenvalue weighted by atomic mass is 9.94. The SMILES string of the molecule is O=C1CCC(c2ccc3ccccc3n2)C(=O)N1. The second kappa shape index (κ2) is 4.22. The first-order valence-corrected chi connectivity index (χ1v) is 5.93. The van der Waals surface area contributed by atoms with Crippen LogP contribution >= 0.6 is 0 Å². The number of piperidine rings is 1. The van der Waals surface area contributed by atoms with Crippen LogP contribution in [0.2, 0.25) is 0 Å². The van der Waals surface area contributed by atoms with Gasteiger partial charge in [-0.25, -0.2) is 0 Å². The molecule has 1 aromatic heterocycles. The fraction of sp³-hybridized carbons (Fsp3) is 0.214. The van der Waals surface area contributed by atoms with E-state index in [2.05, 4.69) is 10.3 Å². The molecule has 2 amide bonds. The first-order valence-electron chi connectivity index (χ1n) is 5.93. The largest absolute Gasteiger partial charge is 0.296 e.